The average Bonchev–Trinajstić information content (AvgIpc) is 2.76. The summed E-state index contributed by atoms with van der Waals surface area (Å²) in [4.78, 5) is 0.409. The van der Waals surface area contributed by atoms with Gasteiger partial charge in [-0.05, 0) is 37.0 Å². The second-order valence-corrected chi connectivity index (χ2v) is 8.34. The van der Waals surface area contributed by atoms with E-state index in [1.807, 2.05) is 19.1 Å². The molecule has 0 spiro atoms. The molecule has 1 fully saturated rings. The Hall–Kier alpha value is -0.910. The third-order valence-corrected chi connectivity index (χ3v) is 5.92. The van der Waals surface area contributed by atoms with Gasteiger partial charge in [0.1, 0.15) is 0 Å². The van der Waals surface area contributed by atoms with Gasteiger partial charge in [0.05, 0.1) is 4.90 Å². The van der Waals surface area contributed by atoms with E-state index < -0.39 is 10.0 Å². The van der Waals surface area contributed by atoms with Gasteiger partial charge < -0.3 is 5.32 Å². The first-order chi connectivity index (χ1) is 9.80. The van der Waals surface area contributed by atoms with Crippen molar-refractivity contribution in [2.45, 2.75) is 57.6 Å². The number of benzene rings is 1. The van der Waals surface area contributed by atoms with Gasteiger partial charge in [0.2, 0.25) is 10.0 Å². The standard InChI is InChI=1S/C16H26N2O2S/c1-12(2)17-10-15-6-5-7-16(9-15)21(19,20)18-11-13(3)8-14(18)4/h5-7,9,12-14,17H,8,10-11H2,1-4H3. The van der Waals surface area contributed by atoms with E-state index in [0.29, 0.717) is 29.9 Å². The van der Waals surface area contributed by atoms with Crippen LogP contribution in [0.1, 0.15) is 39.7 Å². The highest BCUT2D eigenvalue weighted by molar-refractivity contribution is 7.89. The van der Waals surface area contributed by atoms with Crippen LogP contribution in [0.3, 0.4) is 0 Å². The first-order valence-electron chi connectivity index (χ1n) is 7.65. The minimum atomic E-state index is -3.38. The van der Waals surface area contributed by atoms with Gasteiger partial charge >= 0.3 is 0 Å². The topological polar surface area (TPSA) is 49.4 Å². The second-order valence-electron chi connectivity index (χ2n) is 6.45. The Balaban J connectivity index is 2.22. The van der Waals surface area contributed by atoms with Gasteiger partial charge in [0.25, 0.3) is 0 Å². The fourth-order valence-corrected chi connectivity index (χ4v) is 4.70. The van der Waals surface area contributed by atoms with E-state index >= 15 is 0 Å². The second kappa shape index (κ2) is 6.46. The minimum absolute atomic E-state index is 0.0856. The molecule has 1 saturated heterocycles. The fourth-order valence-electron chi connectivity index (χ4n) is 2.87. The predicted molar refractivity (Wildman–Crippen MR) is 85.6 cm³/mol. The molecule has 0 aromatic heterocycles. The van der Waals surface area contributed by atoms with Gasteiger partial charge in [-0.2, -0.15) is 4.31 Å². The van der Waals surface area contributed by atoms with Crippen molar-refractivity contribution in [3.8, 4) is 0 Å². The first-order valence-corrected chi connectivity index (χ1v) is 9.09. The lowest BCUT2D eigenvalue weighted by atomic mass is 10.1. The van der Waals surface area contributed by atoms with Crippen molar-refractivity contribution in [3.05, 3.63) is 29.8 Å². The lowest BCUT2D eigenvalue weighted by molar-refractivity contribution is 0.405. The zero-order chi connectivity index (χ0) is 15.6. The molecule has 2 unspecified atom stereocenters. The first kappa shape index (κ1) is 16.5. The monoisotopic (exact) mass is 310 g/mol. The van der Waals surface area contributed by atoms with Crippen molar-refractivity contribution in [3.63, 3.8) is 0 Å². The van der Waals surface area contributed by atoms with Crippen molar-refractivity contribution in [1.29, 1.82) is 0 Å². The number of sulfonamides is 1. The molecule has 1 N–H and O–H groups in total. The molecule has 0 saturated carbocycles. The maximum absolute atomic E-state index is 12.8. The molecule has 4 nitrogen and oxygen atoms in total. The normalized spacial score (nSPS) is 23.9. The van der Waals surface area contributed by atoms with E-state index in [4.69, 9.17) is 0 Å². The zero-order valence-corrected chi connectivity index (χ0v) is 14.2. The van der Waals surface area contributed by atoms with Crippen LogP contribution in [0, 0.1) is 5.92 Å². The van der Waals surface area contributed by atoms with Gasteiger partial charge in [-0.25, -0.2) is 8.42 Å². The lowest BCUT2D eigenvalue weighted by Gasteiger charge is -2.21. The molecule has 0 radical (unpaired) electrons. The summed E-state index contributed by atoms with van der Waals surface area (Å²) < 4.78 is 27.2. The van der Waals surface area contributed by atoms with Gasteiger partial charge in [-0.1, -0.05) is 32.9 Å². The molecule has 2 rings (SSSR count). The molecule has 0 amide bonds. The highest BCUT2D eigenvalue weighted by Crippen LogP contribution is 2.29. The summed E-state index contributed by atoms with van der Waals surface area (Å²) >= 11 is 0. The molecule has 1 aliphatic rings. The Kier molecular flexibility index (Phi) is 5.07. The maximum atomic E-state index is 12.8. The van der Waals surface area contributed by atoms with Crippen LogP contribution in [0.25, 0.3) is 0 Å². The van der Waals surface area contributed by atoms with Crippen molar-refractivity contribution in [1.82, 2.24) is 9.62 Å². The van der Waals surface area contributed by atoms with E-state index in [2.05, 4.69) is 26.1 Å². The quantitative estimate of drug-likeness (QED) is 0.909. The van der Waals surface area contributed by atoms with Crippen LogP contribution in [-0.2, 0) is 16.6 Å². The van der Waals surface area contributed by atoms with Crippen LogP contribution >= 0.6 is 0 Å². The molecule has 21 heavy (non-hydrogen) atoms. The molecule has 2 atom stereocenters. The molecule has 0 aliphatic carbocycles. The molecule has 1 aromatic rings. The Morgan fingerprint density at radius 3 is 2.62 bits per heavy atom. The van der Waals surface area contributed by atoms with E-state index in [-0.39, 0.29) is 6.04 Å². The minimum Gasteiger partial charge on any atom is -0.310 e. The van der Waals surface area contributed by atoms with Crippen molar-refractivity contribution in [2.75, 3.05) is 6.54 Å². The molecule has 5 heteroatoms. The predicted octanol–water partition coefficient (Wildman–Crippen LogP) is 2.60. The Morgan fingerprint density at radius 2 is 2.05 bits per heavy atom. The van der Waals surface area contributed by atoms with Crippen molar-refractivity contribution >= 4 is 10.0 Å². The summed E-state index contributed by atoms with van der Waals surface area (Å²) in [6.45, 7) is 9.56. The van der Waals surface area contributed by atoms with Gasteiger partial charge in [-0.3, -0.25) is 0 Å². The van der Waals surface area contributed by atoms with Crippen LogP contribution in [0.4, 0.5) is 0 Å². The van der Waals surface area contributed by atoms with Crippen LogP contribution in [-0.4, -0.2) is 31.4 Å². The zero-order valence-electron chi connectivity index (χ0n) is 13.3. The molecule has 0 bridgehead atoms. The van der Waals surface area contributed by atoms with Crippen LogP contribution in [0.2, 0.25) is 0 Å². The van der Waals surface area contributed by atoms with Crippen LogP contribution in [0.5, 0.6) is 0 Å². The lowest BCUT2D eigenvalue weighted by Crippen LogP contribution is -2.34. The average molecular weight is 310 g/mol. The summed E-state index contributed by atoms with van der Waals surface area (Å²) in [7, 11) is -3.38. The number of hydrogen-bond donors (Lipinski definition) is 1. The smallest absolute Gasteiger partial charge is 0.243 e. The summed E-state index contributed by atoms with van der Waals surface area (Å²) in [6.07, 6.45) is 0.938. The van der Waals surface area contributed by atoms with Crippen molar-refractivity contribution < 1.29 is 8.42 Å². The number of nitrogens with zero attached hydrogens (tertiary/aromatic N) is 1. The van der Waals surface area contributed by atoms with E-state index in [0.717, 1.165) is 12.0 Å². The molecular weight excluding hydrogens is 284 g/mol. The number of nitrogens with one attached hydrogen (secondary N) is 1. The van der Waals surface area contributed by atoms with E-state index in [9.17, 15) is 8.42 Å². The molecule has 1 aromatic carbocycles. The van der Waals surface area contributed by atoms with Crippen LogP contribution < -0.4 is 5.32 Å². The highest BCUT2D eigenvalue weighted by atomic mass is 32.2. The Labute approximate surface area is 128 Å². The third kappa shape index (κ3) is 3.84. The highest BCUT2D eigenvalue weighted by Gasteiger charge is 2.35. The number of hydrogen-bond acceptors (Lipinski definition) is 3. The fraction of sp³-hybridized carbons (Fsp3) is 0.625. The van der Waals surface area contributed by atoms with Gasteiger partial charge in [0, 0.05) is 25.2 Å². The largest absolute Gasteiger partial charge is 0.310 e. The molecule has 1 heterocycles. The molecule has 118 valence electrons. The van der Waals surface area contributed by atoms with Gasteiger partial charge in [0.15, 0.2) is 0 Å². The molecular formula is C16H26N2O2S. The SMILES string of the molecule is CC1CC(C)N(S(=O)(=O)c2cccc(CNC(C)C)c2)C1. The summed E-state index contributed by atoms with van der Waals surface area (Å²) in [5.74, 6) is 0.431. The van der Waals surface area contributed by atoms with Crippen LogP contribution in [0.15, 0.2) is 29.2 Å². The summed E-state index contributed by atoms with van der Waals surface area (Å²) in [6, 6.07) is 7.75. The Bertz CT molecular complexity index is 584. The Morgan fingerprint density at radius 1 is 1.33 bits per heavy atom. The van der Waals surface area contributed by atoms with Crippen molar-refractivity contribution in [2.24, 2.45) is 5.92 Å². The van der Waals surface area contributed by atoms with E-state index in [1.54, 1.807) is 16.4 Å². The molecule has 1 aliphatic heterocycles. The summed E-state index contributed by atoms with van der Waals surface area (Å²) in [5, 5.41) is 3.32. The van der Waals surface area contributed by atoms with E-state index in [1.165, 1.54) is 0 Å². The number of rotatable bonds is 5. The maximum Gasteiger partial charge on any atom is 0.243 e. The third-order valence-electron chi connectivity index (χ3n) is 3.95. The van der Waals surface area contributed by atoms with Gasteiger partial charge in [-0.15, -0.1) is 0 Å². The summed E-state index contributed by atoms with van der Waals surface area (Å²) in [5.41, 5.74) is 1.00.